The molecule has 13 heteroatoms. The number of nitro benzene ring substituents is 1. The second kappa shape index (κ2) is 10.3. The third kappa shape index (κ3) is 6.44. The molecule has 1 aromatic carbocycles. The molecule has 0 fully saturated rings. The van der Waals surface area contributed by atoms with E-state index in [1.54, 1.807) is 13.0 Å². The number of nitro groups is 1. The summed E-state index contributed by atoms with van der Waals surface area (Å²) in [5, 5.41) is 21.0. The van der Waals surface area contributed by atoms with E-state index in [4.69, 9.17) is 4.52 Å². The number of benzene rings is 1. The van der Waals surface area contributed by atoms with Gasteiger partial charge >= 0.3 is 0 Å². The molecule has 0 atom stereocenters. The molecule has 0 radical (unpaired) electrons. The van der Waals surface area contributed by atoms with Crippen LogP contribution in [0.3, 0.4) is 0 Å². The zero-order valence-electron chi connectivity index (χ0n) is 17.7. The highest BCUT2D eigenvalue weighted by Crippen LogP contribution is 2.33. The molecule has 2 aromatic heterocycles. The van der Waals surface area contributed by atoms with Crippen LogP contribution in [-0.2, 0) is 11.7 Å². The van der Waals surface area contributed by atoms with Gasteiger partial charge < -0.3 is 15.2 Å². The van der Waals surface area contributed by atoms with Gasteiger partial charge in [-0.2, -0.15) is 0 Å². The van der Waals surface area contributed by atoms with Crippen LogP contribution in [-0.4, -0.2) is 39.0 Å². The number of anilines is 1. The molecule has 174 valence electrons. The first-order valence-corrected chi connectivity index (χ1v) is 10.7. The largest absolute Gasteiger partial charge is 0.378 e. The Bertz CT molecular complexity index is 1150. The Morgan fingerprint density at radius 3 is 2.76 bits per heavy atom. The van der Waals surface area contributed by atoms with E-state index < -0.39 is 28.0 Å². The van der Waals surface area contributed by atoms with Gasteiger partial charge in [0.15, 0.2) is 0 Å². The van der Waals surface area contributed by atoms with E-state index in [0.717, 1.165) is 17.8 Å². The highest BCUT2D eigenvalue weighted by molar-refractivity contribution is 7.98. The average Bonchev–Trinajstić information content (AvgIpc) is 3.19. The van der Waals surface area contributed by atoms with E-state index in [-0.39, 0.29) is 24.3 Å². The molecule has 1 amide bonds. The number of hydrogen-bond donors (Lipinski definition) is 2. The van der Waals surface area contributed by atoms with Crippen LogP contribution >= 0.6 is 11.8 Å². The van der Waals surface area contributed by atoms with E-state index in [2.05, 4.69) is 25.8 Å². The van der Waals surface area contributed by atoms with Gasteiger partial charge in [-0.25, -0.2) is 18.7 Å². The Kier molecular flexibility index (Phi) is 7.53. The van der Waals surface area contributed by atoms with Gasteiger partial charge in [0.1, 0.15) is 22.8 Å². The Morgan fingerprint density at radius 1 is 1.30 bits per heavy atom. The molecule has 0 aliphatic heterocycles. The minimum atomic E-state index is -3.20. The third-order valence-corrected chi connectivity index (χ3v) is 5.40. The number of thioether (sulfide) groups is 1. The number of rotatable bonds is 10. The van der Waals surface area contributed by atoms with Crippen LogP contribution in [0.1, 0.15) is 34.3 Å². The summed E-state index contributed by atoms with van der Waals surface area (Å²) in [5.74, 6) is -2.56. The number of aryl methyl sites for hydroxylation is 1. The number of aromatic nitrogens is 3. The van der Waals surface area contributed by atoms with Crippen LogP contribution in [0.4, 0.5) is 20.2 Å². The summed E-state index contributed by atoms with van der Waals surface area (Å²) >= 11 is 1.29. The van der Waals surface area contributed by atoms with Crippen molar-refractivity contribution in [2.45, 2.75) is 30.5 Å². The Labute approximate surface area is 191 Å². The average molecular weight is 478 g/mol. The topological polar surface area (TPSA) is 136 Å². The normalized spacial score (nSPS) is 11.3. The van der Waals surface area contributed by atoms with E-state index in [0.29, 0.717) is 23.5 Å². The molecule has 0 aliphatic carbocycles. The maximum absolute atomic E-state index is 13.5. The van der Waals surface area contributed by atoms with Crippen molar-refractivity contribution in [1.82, 2.24) is 20.4 Å². The maximum atomic E-state index is 13.5. The van der Waals surface area contributed by atoms with Crippen LogP contribution < -0.4 is 10.6 Å². The number of nitrogens with one attached hydrogen (secondary N) is 2. The minimum Gasteiger partial charge on any atom is -0.378 e. The molecule has 0 saturated heterocycles. The van der Waals surface area contributed by atoms with Gasteiger partial charge in [-0.05, 0) is 13.0 Å². The highest BCUT2D eigenvalue weighted by atomic mass is 32.2. The lowest BCUT2D eigenvalue weighted by molar-refractivity contribution is -0.384. The second-order valence-corrected chi connectivity index (χ2v) is 7.99. The van der Waals surface area contributed by atoms with Crippen molar-refractivity contribution < 1.29 is 23.0 Å². The van der Waals surface area contributed by atoms with Gasteiger partial charge in [-0.3, -0.25) is 14.9 Å². The molecule has 0 spiro atoms. The molecule has 2 N–H and O–H groups in total. The Hall–Kier alpha value is -3.61. The SMILES string of the molecule is Cc1cc(CSc2ncncc2C(=O)NCCNc2ccc(C(C)(F)F)cc2[N+](=O)[O-])on1. The molecule has 3 rings (SSSR count). The summed E-state index contributed by atoms with van der Waals surface area (Å²) in [5.41, 5.74) is 0.154. The zero-order valence-corrected chi connectivity index (χ0v) is 18.5. The molecule has 0 unspecified atom stereocenters. The van der Waals surface area contributed by atoms with Crippen LogP contribution in [0.2, 0.25) is 0 Å². The lowest BCUT2D eigenvalue weighted by atomic mass is 10.1. The predicted molar refractivity (Wildman–Crippen MR) is 116 cm³/mol. The number of hydrogen-bond acceptors (Lipinski definition) is 9. The molecular formula is C20H20F2N6O4S. The lowest BCUT2D eigenvalue weighted by Gasteiger charge is -2.13. The first-order chi connectivity index (χ1) is 15.6. The van der Waals surface area contributed by atoms with Gasteiger partial charge in [-0.15, -0.1) is 0 Å². The van der Waals surface area contributed by atoms with E-state index in [9.17, 15) is 23.7 Å². The molecule has 0 bridgehead atoms. The van der Waals surface area contributed by atoms with Crippen LogP contribution in [0.15, 0.2) is 46.3 Å². The van der Waals surface area contributed by atoms with Crippen LogP contribution in [0, 0.1) is 17.0 Å². The quantitative estimate of drug-likeness (QED) is 0.146. The van der Waals surface area contributed by atoms with Crippen LogP contribution in [0.5, 0.6) is 0 Å². The monoisotopic (exact) mass is 478 g/mol. The summed E-state index contributed by atoms with van der Waals surface area (Å²) in [6, 6.07) is 4.96. The zero-order chi connectivity index (χ0) is 24.0. The van der Waals surface area contributed by atoms with Crippen LogP contribution in [0.25, 0.3) is 0 Å². The molecule has 0 aliphatic rings. The van der Waals surface area contributed by atoms with E-state index in [1.165, 1.54) is 30.4 Å². The molecule has 0 saturated carbocycles. The molecule has 3 aromatic rings. The summed E-state index contributed by atoms with van der Waals surface area (Å²) < 4.78 is 32.1. The number of halogens is 2. The third-order valence-electron chi connectivity index (χ3n) is 4.38. The van der Waals surface area contributed by atoms with Crippen molar-refractivity contribution in [3.8, 4) is 0 Å². The second-order valence-electron chi connectivity index (χ2n) is 7.02. The van der Waals surface area contributed by atoms with Crippen molar-refractivity contribution in [3.63, 3.8) is 0 Å². The lowest BCUT2D eigenvalue weighted by Crippen LogP contribution is -2.29. The fraction of sp³-hybridized carbons (Fsp3) is 0.300. The first kappa shape index (κ1) is 24.0. The smallest absolute Gasteiger partial charge is 0.292 e. The summed E-state index contributed by atoms with van der Waals surface area (Å²) in [7, 11) is 0. The van der Waals surface area contributed by atoms with E-state index in [1.807, 2.05) is 0 Å². The molecular weight excluding hydrogens is 458 g/mol. The molecule has 33 heavy (non-hydrogen) atoms. The van der Waals surface area contributed by atoms with Gasteiger partial charge in [0.25, 0.3) is 17.5 Å². The van der Waals surface area contributed by atoms with Gasteiger partial charge in [0.05, 0.1) is 21.9 Å². The standard InChI is InChI=1S/C20H20F2N6O4S/c1-12-7-14(32-27-12)10-33-19-15(9-23-11-26-19)18(29)25-6-5-24-16-4-3-13(20(2,21)22)8-17(16)28(30)31/h3-4,7-9,11,24H,5-6,10H2,1-2H3,(H,25,29). The summed E-state index contributed by atoms with van der Waals surface area (Å²) in [6.45, 7) is 2.71. The number of nitrogens with zero attached hydrogens (tertiary/aromatic N) is 4. The fourth-order valence-corrected chi connectivity index (χ4v) is 3.62. The predicted octanol–water partition coefficient (Wildman–Crippen LogP) is 3.93. The van der Waals surface area contributed by atoms with Crippen molar-refractivity contribution in [1.29, 1.82) is 0 Å². The van der Waals surface area contributed by atoms with Gasteiger partial charge in [-0.1, -0.05) is 23.0 Å². The van der Waals surface area contributed by atoms with Crippen molar-refractivity contribution in [2.24, 2.45) is 0 Å². The van der Waals surface area contributed by atoms with Gasteiger partial charge in [0, 0.05) is 43.9 Å². The molecule has 10 nitrogen and oxygen atoms in total. The fourth-order valence-electron chi connectivity index (χ4n) is 2.79. The highest BCUT2D eigenvalue weighted by Gasteiger charge is 2.27. The Morgan fingerprint density at radius 2 is 2.09 bits per heavy atom. The number of carbonyl (C=O) groups is 1. The van der Waals surface area contributed by atoms with Gasteiger partial charge in [0.2, 0.25) is 0 Å². The van der Waals surface area contributed by atoms with Crippen molar-refractivity contribution in [2.75, 3.05) is 18.4 Å². The van der Waals surface area contributed by atoms with Crippen molar-refractivity contribution >= 4 is 29.0 Å². The summed E-state index contributed by atoms with van der Waals surface area (Å²) in [6.07, 6.45) is 2.72. The summed E-state index contributed by atoms with van der Waals surface area (Å²) in [4.78, 5) is 31.1. The first-order valence-electron chi connectivity index (χ1n) is 9.69. The van der Waals surface area contributed by atoms with Crippen molar-refractivity contribution in [3.05, 3.63) is 69.5 Å². The number of alkyl halides is 2. The maximum Gasteiger partial charge on any atom is 0.292 e. The Balaban J connectivity index is 1.57. The minimum absolute atomic E-state index is 0.0730. The number of carbonyl (C=O) groups excluding carboxylic acids is 1. The molecule has 2 heterocycles. The van der Waals surface area contributed by atoms with E-state index >= 15 is 0 Å². The number of amides is 1.